The molecule has 2 bridgehead atoms. The largest absolute Gasteiger partial charge is 0.353 e. The Kier molecular flexibility index (Phi) is 3.28. The van der Waals surface area contributed by atoms with Crippen LogP contribution >= 0.6 is 0 Å². The Hall–Kier alpha value is -0.530. The third-order valence-corrected chi connectivity index (χ3v) is 6.17. The number of nitrogens with one attached hydrogen (secondary N) is 1. The maximum Gasteiger partial charge on any atom is 0.225 e. The summed E-state index contributed by atoms with van der Waals surface area (Å²) in [6.45, 7) is 13.3. The Bertz CT molecular complexity index is 345. The van der Waals surface area contributed by atoms with Crippen molar-refractivity contribution in [3.8, 4) is 0 Å². The first-order valence-electron chi connectivity index (χ1n) is 7.51. The molecule has 0 aromatic heterocycles. The summed E-state index contributed by atoms with van der Waals surface area (Å²) in [6.07, 6.45) is 3.45. The van der Waals surface area contributed by atoms with Crippen LogP contribution in [0.25, 0.3) is 0 Å². The molecule has 4 atom stereocenters. The fourth-order valence-corrected chi connectivity index (χ4v) is 3.86. The molecule has 0 heterocycles. The third-order valence-electron chi connectivity index (χ3n) is 6.17. The number of hydrogen-bond donors (Lipinski definition) is 1. The number of hydrogen-bond acceptors (Lipinski definition) is 1. The Balaban J connectivity index is 1.99. The Morgan fingerprint density at radius 1 is 1.33 bits per heavy atom. The first-order valence-corrected chi connectivity index (χ1v) is 7.51. The van der Waals surface area contributed by atoms with Gasteiger partial charge in [-0.15, -0.1) is 0 Å². The first kappa shape index (κ1) is 13.9. The van der Waals surface area contributed by atoms with Gasteiger partial charge in [-0.05, 0) is 42.4 Å². The van der Waals surface area contributed by atoms with Gasteiger partial charge in [-0.25, -0.2) is 0 Å². The van der Waals surface area contributed by atoms with Gasteiger partial charge in [0.25, 0.3) is 0 Å². The van der Waals surface area contributed by atoms with Gasteiger partial charge in [0.1, 0.15) is 0 Å². The summed E-state index contributed by atoms with van der Waals surface area (Å²) in [5.41, 5.74) is 0.276. The topological polar surface area (TPSA) is 29.1 Å². The van der Waals surface area contributed by atoms with Crippen LogP contribution in [0, 0.1) is 28.6 Å². The highest BCUT2D eigenvalue weighted by molar-refractivity contribution is 5.82. The second kappa shape index (κ2) is 4.25. The zero-order valence-electron chi connectivity index (χ0n) is 12.8. The minimum Gasteiger partial charge on any atom is -0.353 e. The summed E-state index contributed by atoms with van der Waals surface area (Å²) in [7, 11) is 0. The van der Waals surface area contributed by atoms with Gasteiger partial charge in [0.2, 0.25) is 5.91 Å². The van der Waals surface area contributed by atoms with Crippen molar-refractivity contribution in [2.24, 2.45) is 28.6 Å². The lowest BCUT2D eigenvalue weighted by atomic mass is 9.44. The lowest BCUT2D eigenvalue weighted by Crippen LogP contribution is -2.61. The van der Waals surface area contributed by atoms with Crippen molar-refractivity contribution in [3.63, 3.8) is 0 Å². The molecule has 0 radical (unpaired) electrons. The van der Waals surface area contributed by atoms with Crippen LogP contribution in [0.15, 0.2) is 0 Å². The van der Waals surface area contributed by atoms with E-state index >= 15 is 0 Å². The van der Waals surface area contributed by atoms with Crippen molar-refractivity contribution in [2.75, 3.05) is 0 Å². The zero-order valence-corrected chi connectivity index (χ0v) is 12.8. The van der Waals surface area contributed by atoms with E-state index in [9.17, 15) is 4.79 Å². The van der Waals surface area contributed by atoms with Gasteiger partial charge in [0.15, 0.2) is 0 Å². The molecule has 104 valence electrons. The van der Waals surface area contributed by atoms with E-state index in [4.69, 9.17) is 0 Å². The van der Waals surface area contributed by atoms with Gasteiger partial charge in [-0.1, -0.05) is 41.5 Å². The van der Waals surface area contributed by atoms with E-state index in [0.717, 1.165) is 18.3 Å². The summed E-state index contributed by atoms with van der Waals surface area (Å²) < 4.78 is 0. The van der Waals surface area contributed by atoms with E-state index < -0.39 is 0 Å². The summed E-state index contributed by atoms with van der Waals surface area (Å²) in [5.74, 6) is 2.47. The summed E-state index contributed by atoms with van der Waals surface area (Å²) >= 11 is 0. The highest BCUT2D eigenvalue weighted by atomic mass is 16.2. The number of carbonyl (C=O) groups is 1. The Morgan fingerprint density at radius 3 is 2.39 bits per heavy atom. The van der Waals surface area contributed by atoms with Crippen molar-refractivity contribution in [2.45, 2.75) is 66.8 Å². The molecule has 3 saturated carbocycles. The Morgan fingerprint density at radius 2 is 1.94 bits per heavy atom. The normalized spacial score (nSPS) is 37.9. The van der Waals surface area contributed by atoms with Crippen LogP contribution in [0.1, 0.15) is 60.8 Å². The third kappa shape index (κ3) is 1.98. The minimum atomic E-state index is -0.225. The molecule has 3 rings (SSSR count). The molecule has 2 heteroatoms. The van der Waals surface area contributed by atoms with Gasteiger partial charge in [-0.2, -0.15) is 0 Å². The van der Waals surface area contributed by atoms with Crippen LogP contribution in [-0.4, -0.2) is 11.9 Å². The predicted molar refractivity (Wildman–Crippen MR) is 75.2 cm³/mol. The zero-order chi connectivity index (χ0) is 13.7. The maximum absolute atomic E-state index is 12.3. The highest BCUT2D eigenvalue weighted by Gasteiger charge is 2.56. The van der Waals surface area contributed by atoms with Crippen molar-refractivity contribution >= 4 is 5.91 Å². The second-order valence-electron chi connectivity index (χ2n) is 7.77. The number of fused-ring (bicyclic) bond motifs is 2. The Labute approximate surface area is 112 Å². The quantitative estimate of drug-likeness (QED) is 0.815. The maximum atomic E-state index is 12.3. The van der Waals surface area contributed by atoms with Gasteiger partial charge >= 0.3 is 0 Å². The molecule has 2 nitrogen and oxygen atoms in total. The van der Waals surface area contributed by atoms with E-state index in [-0.39, 0.29) is 11.3 Å². The molecule has 0 saturated heterocycles. The van der Waals surface area contributed by atoms with Crippen molar-refractivity contribution in [3.05, 3.63) is 0 Å². The van der Waals surface area contributed by atoms with Crippen LogP contribution in [-0.2, 0) is 4.79 Å². The minimum absolute atomic E-state index is 0.225. The monoisotopic (exact) mass is 251 g/mol. The smallest absolute Gasteiger partial charge is 0.225 e. The van der Waals surface area contributed by atoms with E-state index in [0.29, 0.717) is 17.4 Å². The lowest BCUT2D eigenvalue weighted by molar-refractivity contribution is -0.140. The van der Waals surface area contributed by atoms with Crippen LogP contribution in [0.3, 0.4) is 0 Å². The highest BCUT2D eigenvalue weighted by Crippen LogP contribution is 2.61. The molecular weight excluding hydrogens is 222 g/mol. The van der Waals surface area contributed by atoms with Gasteiger partial charge < -0.3 is 5.32 Å². The SMILES string of the molecule is CCC(C)(C)C(=O)NC1CC2C[C@@H](C1C)C2(C)C. The van der Waals surface area contributed by atoms with Crippen LogP contribution in [0.4, 0.5) is 0 Å². The fourth-order valence-electron chi connectivity index (χ4n) is 3.86. The summed E-state index contributed by atoms with van der Waals surface area (Å²) in [5, 5.41) is 3.32. The second-order valence-corrected chi connectivity index (χ2v) is 7.77. The summed E-state index contributed by atoms with van der Waals surface area (Å²) in [6, 6.07) is 0.403. The predicted octanol–water partition coefficient (Wildman–Crippen LogP) is 3.61. The number of carbonyl (C=O) groups excluding carboxylic acids is 1. The van der Waals surface area contributed by atoms with Crippen molar-refractivity contribution in [1.29, 1.82) is 0 Å². The van der Waals surface area contributed by atoms with E-state index in [1.165, 1.54) is 12.8 Å². The molecule has 3 fully saturated rings. The molecule has 3 unspecified atom stereocenters. The summed E-state index contributed by atoms with van der Waals surface area (Å²) in [4.78, 5) is 12.3. The standard InChI is InChI=1S/C16H29NO/c1-7-15(3,4)14(18)17-13-9-11-8-12(10(13)2)16(11,5)6/h10-13H,7-9H2,1-6H3,(H,17,18)/t10?,11?,12-,13?/m0/s1. The van der Waals surface area contributed by atoms with Crippen molar-refractivity contribution < 1.29 is 4.79 Å². The first-order chi connectivity index (χ1) is 8.20. The molecule has 0 aromatic rings. The fraction of sp³-hybridized carbons (Fsp3) is 0.938. The molecule has 0 spiro atoms. The van der Waals surface area contributed by atoms with Crippen LogP contribution < -0.4 is 5.32 Å². The molecule has 0 aliphatic heterocycles. The average molecular weight is 251 g/mol. The van der Waals surface area contributed by atoms with E-state index in [1.807, 2.05) is 13.8 Å². The number of rotatable bonds is 3. The van der Waals surface area contributed by atoms with E-state index in [2.05, 4.69) is 33.0 Å². The molecule has 3 aliphatic carbocycles. The molecule has 18 heavy (non-hydrogen) atoms. The van der Waals surface area contributed by atoms with E-state index in [1.54, 1.807) is 0 Å². The molecule has 3 aliphatic rings. The molecular formula is C16H29NO. The number of amides is 1. The van der Waals surface area contributed by atoms with Crippen LogP contribution in [0.5, 0.6) is 0 Å². The van der Waals surface area contributed by atoms with Gasteiger partial charge in [0.05, 0.1) is 0 Å². The van der Waals surface area contributed by atoms with Crippen LogP contribution in [0.2, 0.25) is 0 Å². The van der Waals surface area contributed by atoms with Gasteiger partial charge in [0, 0.05) is 11.5 Å². The molecule has 1 amide bonds. The lowest BCUT2D eigenvalue weighted by Gasteiger charge is -2.62. The van der Waals surface area contributed by atoms with Gasteiger partial charge in [-0.3, -0.25) is 4.79 Å². The molecule has 0 aromatic carbocycles. The molecule has 1 N–H and O–H groups in total. The van der Waals surface area contributed by atoms with Crippen molar-refractivity contribution in [1.82, 2.24) is 5.32 Å². The average Bonchev–Trinajstić information content (AvgIpc) is 2.30.